The number of aryl methyl sites for hydroxylation is 2. The quantitative estimate of drug-likeness (QED) is 0.859. The Morgan fingerprint density at radius 1 is 1.39 bits per heavy atom. The maximum atomic E-state index is 13.0. The molecule has 0 saturated carbocycles. The normalized spacial score (nSPS) is 18.3. The second kappa shape index (κ2) is 6.81. The van der Waals surface area contributed by atoms with Crippen molar-refractivity contribution < 1.29 is 9.53 Å². The van der Waals surface area contributed by atoms with E-state index in [1.165, 1.54) is 4.88 Å². The minimum absolute atomic E-state index is 0.00241. The molecular formula is C18H22N2O2S. The average Bonchev–Trinajstić information content (AvgIpc) is 2.95. The fraction of sp³-hybridized carbons (Fsp3) is 0.444. The number of amides is 1. The van der Waals surface area contributed by atoms with Crippen LogP contribution in [0.1, 0.15) is 46.1 Å². The molecule has 1 aliphatic rings. The molecule has 3 rings (SSSR count). The van der Waals surface area contributed by atoms with Gasteiger partial charge >= 0.3 is 0 Å². The molecule has 0 fully saturated rings. The van der Waals surface area contributed by atoms with Gasteiger partial charge in [0.05, 0.1) is 21.6 Å². The summed E-state index contributed by atoms with van der Waals surface area (Å²) in [5.74, 6) is 0.00241. The lowest BCUT2D eigenvalue weighted by atomic mass is 9.96. The number of fused-ring (bicyclic) bond motifs is 1. The standard InChI is InChI=1S/C18H22N2O2S/c1-12-19-14-10-7-11-15(17(14)23-12)20(2)18(21)16(22-3)13-8-5-4-6-9-13/h4-6,8-9,15-16H,7,10-11H2,1-3H3. The summed E-state index contributed by atoms with van der Waals surface area (Å²) in [6, 6.07) is 9.78. The van der Waals surface area contributed by atoms with Crippen LogP contribution in [0.2, 0.25) is 0 Å². The maximum Gasteiger partial charge on any atom is 0.256 e. The lowest BCUT2D eigenvalue weighted by molar-refractivity contribution is -0.143. The van der Waals surface area contributed by atoms with Crippen molar-refractivity contribution in [2.75, 3.05) is 14.2 Å². The summed E-state index contributed by atoms with van der Waals surface area (Å²) < 4.78 is 5.50. The summed E-state index contributed by atoms with van der Waals surface area (Å²) in [4.78, 5) is 20.7. The highest BCUT2D eigenvalue weighted by atomic mass is 32.1. The van der Waals surface area contributed by atoms with Crippen LogP contribution >= 0.6 is 11.3 Å². The molecule has 0 aliphatic heterocycles. The van der Waals surface area contributed by atoms with Crippen molar-refractivity contribution in [2.45, 2.75) is 38.3 Å². The van der Waals surface area contributed by atoms with Crippen LogP contribution in [0.25, 0.3) is 0 Å². The predicted octanol–water partition coefficient (Wildman–Crippen LogP) is 3.68. The van der Waals surface area contributed by atoms with Crippen LogP contribution in [0.15, 0.2) is 30.3 Å². The number of methoxy groups -OCH3 is 1. The van der Waals surface area contributed by atoms with Gasteiger partial charge in [-0.3, -0.25) is 4.79 Å². The first-order valence-corrected chi connectivity index (χ1v) is 8.74. The van der Waals surface area contributed by atoms with Gasteiger partial charge < -0.3 is 9.64 Å². The van der Waals surface area contributed by atoms with E-state index in [9.17, 15) is 4.79 Å². The third-order valence-corrected chi connectivity index (χ3v) is 5.52. The lowest BCUT2D eigenvalue weighted by Crippen LogP contribution is -2.36. The minimum Gasteiger partial charge on any atom is -0.367 e. The van der Waals surface area contributed by atoms with E-state index in [0.717, 1.165) is 35.5 Å². The predicted molar refractivity (Wildman–Crippen MR) is 91.5 cm³/mol. The molecule has 0 spiro atoms. The van der Waals surface area contributed by atoms with Gasteiger partial charge in [0.1, 0.15) is 0 Å². The molecule has 2 aromatic rings. The van der Waals surface area contributed by atoms with E-state index < -0.39 is 6.10 Å². The van der Waals surface area contributed by atoms with E-state index in [1.54, 1.807) is 18.4 Å². The number of ether oxygens (including phenoxy) is 1. The third-order valence-electron chi connectivity index (χ3n) is 4.41. The first-order chi connectivity index (χ1) is 11.1. The van der Waals surface area contributed by atoms with Crippen LogP contribution in [-0.4, -0.2) is 29.9 Å². The van der Waals surface area contributed by atoms with E-state index in [1.807, 2.05) is 49.2 Å². The number of likely N-dealkylation sites (N-methyl/N-ethyl adjacent to an activating group) is 1. The summed E-state index contributed by atoms with van der Waals surface area (Å²) in [5, 5.41) is 1.08. The highest BCUT2D eigenvalue weighted by molar-refractivity contribution is 7.11. The Balaban J connectivity index is 1.85. The molecule has 0 N–H and O–H groups in total. The minimum atomic E-state index is -0.555. The van der Waals surface area contributed by atoms with Crippen molar-refractivity contribution in [3.63, 3.8) is 0 Å². The zero-order chi connectivity index (χ0) is 16.4. The molecule has 1 aliphatic carbocycles. The zero-order valence-corrected chi connectivity index (χ0v) is 14.6. The van der Waals surface area contributed by atoms with E-state index in [2.05, 4.69) is 4.98 Å². The summed E-state index contributed by atoms with van der Waals surface area (Å²) in [6.07, 6.45) is 2.52. The number of carbonyl (C=O) groups is 1. The number of benzene rings is 1. The van der Waals surface area contributed by atoms with Gasteiger partial charge in [0.15, 0.2) is 6.10 Å². The lowest BCUT2D eigenvalue weighted by Gasteiger charge is -2.33. The first kappa shape index (κ1) is 16.1. The monoisotopic (exact) mass is 330 g/mol. The number of carbonyl (C=O) groups excluding carboxylic acids is 1. The van der Waals surface area contributed by atoms with Crippen LogP contribution in [0, 0.1) is 6.92 Å². The van der Waals surface area contributed by atoms with Gasteiger partial charge in [-0.2, -0.15) is 0 Å². The Hall–Kier alpha value is -1.72. The second-order valence-electron chi connectivity index (χ2n) is 5.93. The van der Waals surface area contributed by atoms with Gasteiger partial charge in [-0.15, -0.1) is 11.3 Å². The maximum absolute atomic E-state index is 13.0. The van der Waals surface area contributed by atoms with Gasteiger partial charge in [0.2, 0.25) is 0 Å². The van der Waals surface area contributed by atoms with Crippen LogP contribution in [0.3, 0.4) is 0 Å². The van der Waals surface area contributed by atoms with E-state index >= 15 is 0 Å². The van der Waals surface area contributed by atoms with Crippen molar-refractivity contribution in [1.82, 2.24) is 9.88 Å². The Morgan fingerprint density at radius 3 is 2.83 bits per heavy atom. The summed E-state index contributed by atoms with van der Waals surface area (Å²) in [5.41, 5.74) is 2.06. The number of hydrogen-bond donors (Lipinski definition) is 0. The number of hydrogen-bond acceptors (Lipinski definition) is 4. The number of aromatic nitrogens is 1. The molecule has 2 unspecified atom stereocenters. The zero-order valence-electron chi connectivity index (χ0n) is 13.8. The van der Waals surface area contributed by atoms with E-state index in [0.29, 0.717) is 0 Å². The smallest absolute Gasteiger partial charge is 0.256 e. The average molecular weight is 330 g/mol. The van der Waals surface area contributed by atoms with Crippen LogP contribution in [-0.2, 0) is 16.0 Å². The number of rotatable bonds is 4. The van der Waals surface area contributed by atoms with Crippen LogP contribution < -0.4 is 0 Å². The van der Waals surface area contributed by atoms with Crippen molar-refractivity contribution in [3.05, 3.63) is 51.5 Å². The molecule has 23 heavy (non-hydrogen) atoms. The van der Waals surface area contributed by atoms with Crippen molar-refractivity contribution in [2.24, 2.45) is 0 Å². The second-order valence-corrected chi connectivity index (χ2v) is 7.16. The van der Waals surface area contributed by atoms with Crippen LogP contribution in [0.5, 0.6) is 0 Å². The fourth-order valence-corrected chi connectivity index (χ4v) is 4.39. The van der Waals surface area contributed by atoms with Crippen molar-refractivity contribution in [3.8, 4) is 0 Å². The fourth-order valence-electron chi connectivity index (χ4n) is 3.23. The van der Waals surface area contributed by atoms with Crippen LogP contribution in [0.4, 0.5) is 0 Å². The van der Waals surface area contributed by atoms with E-state index in [4.69, 9.17) is 4.74 Å². The molecule has 122 valence electrons. The largest absolute Gasteiger partial charge is 0.367 e. The first-order valence-electron chi connectivity index (χ1n) is 7.92. The van der Waals surface area contributed by atoms with E-state index in [-0.39, 0.29) is 11.9 Å². The molecular weight excluding hydrogens is 308 g/mol. The molecule has 2 atom stereocenters. The molecule has 1 heterocycles. The van der Waals surface area contributed by atoms with Gasteiger partial charge in [0.25, 0.3) is 5.91 Å². The summed E-state index contributed by atoms with van der Waals surface area (Å²) in [6.45, 7) is 2.03. The number of nitrogens with zero attached hydrogens (tertiary/aromatic N) is 2. The third kappa shape index (κ3) is 3.16. The highest BCUT2D eigenvalue weighted by Crippen LogP contribution is 2.38. The summed E-state index contributed by atoms with van der Waals surface area (Å²) >= 11 is 1.71. The number of thiazole rings is 1. The van der Waals surface area contributed by atoms with Gasteiger partial charge in [-0.25, -0.2) is 4.98 Å². The summed E-state index contributed by atoms with van der Waals surface area (Å²) in [7, 11) is 3.47. The van der Waals surface area contributed by atoms with Gasteiger partial charge in [-0.05, 0) is 31.7 Å². The molecule has 5 heteroatoms. The molecule has 1 amide bonds. The molecule has 1 aromatic heterocycles. The highest BCUT2D eigenvalue weighted by Gasteiger charge is 2.33. The SMILES string of the molecule is COC(C(=O)N(C)C1CCCc2nc(C)sc21)c1ccccc1. The van der Waals surface area contributed by atoms with Crippen molar-refractivity contribution in [1.29, 1.82) is 0 Å². The van der Waals surface area contributed by atoms with Crippen molar-refractivity contribution >= 4 is 17.2 Å². The Labute approximate surface area is 141 Å². The molecule has 0 saturated heterocycles. The topological polar surface area (TPSA) is 42.4 Å². The Kier molecular flexibility index (Phi) is 4.78. The molecule has 4 nitrogen and oxygen atoms in total. The Morgan fingerprint density at radius 2 is 2.13 bits per heavy atom. The molecule has 0 radical (unpaired) electrons. The molecule has 0 bridgehead atoms. The van der Waals surface area contributed by atoms with Gasteiger partial charge in [-0.1, -0.05) is 30.3 Å². The van der Waals surface area contributed by atoms with Gasteiger partial charge in [0, 0.05) is 14.2 Å². The molecule has 1 aromatic carbocycles. The Bertz CT molecular complexity index is 684.